The lowest BCUT2D eigenvalue weighted by Crippen LogP contribution is -2.63. The van der Waals surface area contributed by atoms with Crippen LogP contribution in [0.25, 0.3) is 0 Å². The molecule has 0 bridgehead atoms. The third kappa shape index (κ3) is 4.22. The number of aliphatic hydroxyl groups is 9. The molecule has 11 heteroatoms. The van der Waals surface area contributed by atoms with Crippen molar-refractivity contribution in [1.29, 1.82) is 0 Å². The molecule has 11 nitrogen and oxygen atoms in total. The van der Waals surface area contributed by atoms with Crippen LogP contribution in [0.3, 0.4) is 0 Å². The van der Waals surface area contributed by atoms with E-state index in [0.29, 0.717) is 0 Å². The van der Waals surface area contributed by atoms with Crippen molar-refractivity contribution >= 4 is 5.78 Å². The number of rotatable bonds is 7. The highest BCUT2D eigenvalue weighted by Gasteiger charge is 2.49. The van der Waals surface area contributed by atoms with Crippen LogP contribution < -0.4 is 0 Å². The maximum Gasteiger partial charge on any atom is 0.195 e. The Morgan fingerprint density at radius 2 is 1.48 bits per heavy atom. The SMILES string of the molecule is O=C([C@H]1O[C@H](CO)[C@@H](O)[C@H](O)[C@H]1O)[C@H](O)[C@@H](O)[C@@H](O)[C@H](O)CO. The van der Waals surface area contributed by atoms with Crippen LogP contribution >= 0.6 is 0 Å². The van der Waals surface area contributed by atoms with Crippen molar-refractivity contribution in [3.8, 4) is 0 Å². The van der Waals surface area contributed by atoms with Gasteiger partial charge in [-0.15, -0.1) is 0 Å². The van der Waals surface area contributed by atoms with Gasteiger partial charge < -0.3 is 50.7 Å². The van der Waals surface area contributed by atoms with Crippen molar-refractivity contribution in [2.45, 2.75) is 54.9 Å². The molecule has 0 aromatic carbocycles. The Balaban J connectivity index is 2.85. The summed E-state index contributed by atoms with van der Waals surface area (Å²) in [6.45, 7) is -1.74. The standard InChI is InChI=1S/C12H22O11/c13-1-3(15)5(16)7(18)9(20)11(22)12-10(21)8(19)6(17)4(2-14)23-12/h3-10,12-21H,1-2H2/t3-,4-,5+,6-,7+,8+,9-,10-,12+/m1/s1. The summed E-state index contributed by atoms with van der Waals surface area (Å²) in [5.74, 6) is -1.35. The Hall–Kier alpha value is -0.730. The van der Waals surface area contributed by atoms with Crippen molar-refractivity contribution in [3.05, 3.63) is 0 Å². The minimum atomic E-state index is -2.33. The van der Waals surface area contributed by atoms with E-state index in [2.05, 4.69) is 0 Å². The van der Waals surface area contributed by atoms with Gasteiger partial charge in [-0.1, -0.05) is 0 Å². The van der Waals surface area contributed by atoms with Crippen LogP contribution in [0.1, 0.15) is 0 Å². The van der Waals surface area contributed by atoms with Crippen LogP contribution in [-0.2, 0) is 9.53 Å². The molecule has 0 saturated carbocycles. The van der Waals surface area contributed by atoms with Crippen LogP contribution in [0.2, 0.25) is 0 Å². The van der Waals surface area contributed by atoms with Crippen molar-refractivity contribution in [3.63, 3.8) is 0 Å². The second-order valence-electron chi connectivity index (χ2n) is 5.33. The number of ketones is 1. The first-order valence-corrected chi connectivity index (χ1v) is 6.84. The molecule has 0 aliphatic carbocycles. The van der Waals surface area contributed by atoms with E-state index < -0.39 is 73.9 Å². The van der Waals surface area contributed by atoms with Crippen molar-refractivity contribution < 1.29 is 55.5 Å². The van der Waals surface area contributed by atoms with Gasteiger partial charge in [-0.25, -0.2) is 0 Å². The Bertz CT molecular complexity index is 389. The molecule has 9 atom stereocenters. The maximum absolute atomic E-state index is 12.1. The van der Waals surface area contributed by atoms with Gasteiger partial charge >= 0.3 is 0 Å². The molecule has 0 spiro atoms. The van der Waals surface area contributed by atoms with Gasteiger partial charge in [0.1, 0.15) is 54.9 Å². The van der Waals surface area contributed by atoms with Crippen molar-refractivity contribution in [1.82, 2.24) is 0 Å². The maximum atomic E-state index is 12.1. The number of aliphatic hydroxyl groups excluding tert-OH is 9. The lowest BCUT2D eigenvalue weighted by atomic mass is 9.89. The molecule has 1 saturated heterocycles. The van der Waals surface area contributed by atoms with Crippen LogP contribution in [0.4, 0.5) is 0 Å². The third-order valence-electron chi connectivity index (χ3n) is 3.72. The molecule has 23 heavy (non-hydrogen) atoms. The molecule has 1 fully saturated rings. The fourth-order valence-electron chi connectivity index (χ4n) is 2.20. The molecular weight excluding hydrogens is 320 g/mol. The van der Waals surface area contributed by atoms with Crippen LogP contribution in [0, 0.1) is 0 Å². The van der Waals surface area contributed by atoms with Gasteiger partial charge in [-0.3, -0.25) is 4.79 Å². The monoisotopic (exact) mass is 342 g/mol. The number of ether oxygens (including phenoxy) is 1. The second kappa shape index (κ2) is 8.39. The second-order valence-corrected chi connectivity index (χ2v) is 5.33. The normalized spacial score (nSPS) is 37.0. The van der Waals surface area contributed by atoms with Gasteiger partial charge in [0.25, 0.3) is 0 Å². The third-order valence-corrected chi connectivity index (χ3v) is 3.72. The van der Waals surface area contributed by atoms with Crippen LogP contribution in [0.5, 0.6) is 0 Å². The molecule has 136 valence electrons. The molecule has 0 aromatic heterocycles. The van der Waals surface area contributed by atoms with Gasteiger partial charge in [-0.05, 0) is 0 Å². The van der Waals surface area contributed by atoms with E-state index in [1.807, 2.05) is 0 Å². The number of hydrogen-bond donors (Lipinski definition) is 9. The number of carbonyl (C=O) groups excluding carboxylic acids is 1. The highest BCUT2D eigenvalue weighted by atomic mass is 16.5. The van der Waals surface area contributed by atoms with Gasteiger partial charge in [0.2, 0.25) is 0 Å². The summed E-state index contributed by atoms with van der Waals surface area (Å²) in [5.41, 5.74) is 0. The molecule has 9 N–H and O–H groups in total. The predicted molar refractivity (Wildman–Crippen MR) is 69.9 cm³/mol. The Kier molecular flexibility index (Phi) is 7.41. The lowest BCUT2D eigenvalue weighted by Gasteiger charge is -2.40. The smallest absolute Gasteiger partial charge is 0.195 e. The molecule has 1 rings (SSSR count). The average molecular weight is 342 g/mol. The fraction of sp³-hybridized carbons (Fsp3) is 0.917. The number of carbonyl (C=O) groups is 1. The summed E-state index contributed by atoms with van der Waals surface area (Å²) in [7, 11) is 0. The molecule has 0 unspecified atom stereocenters. The van der Waals surface area contributed by atoms with E-state index >= 15 is 0 Å². The average Bonchev–Trinajstić information content (AvgIpc) is 2.56. The molecule has 0 amide bonds. The molecular formula is C12H22O11. The zero-order valence-electron chi connectivity index (χ0n) is 12.0. The van der Waals surface area contributed by atoms with E-state index in [1.54, 1.807) is 0 Å². The first-order chi connectivity index (χ1) is 10.7. The summed E-state index contributed by atoms with van der Waals surface area (Å²) >= 11 is 0. The molecule has 1 heterocycles. The van der Waals surface area contributed by atoms with Crippen LogP contribution in [0.15, 0.2) is 0 Å². The van der Waals surface area contributed by atoms with E-state index in [1.165, 1.54) is 0 Å². The molecule has 1 aliphatic rings. The van der Waals surface area contributed by atoms with E-state index in [0.717, 1.165) is 0 Å². The van der Waals surface area contributed by atoms with E-state index in [4.69, 9.17) is 14.9 Å². The predicted octanol–water partition coefficient (Wildman–Crippen LogP) is -6.17. The van der Waals surface area contributed by atoms with Crippen molar-refractivity contribution in [2.75, 3.05) is 13.2 Å². The number of hydrogen-bond acceptors (Lipinski definition) is 11. The first kappa shape index (κ1) is 20.3. The lowest BCUT2D eigenvalue weighted by molar-refractivity contribution is -0.231. The zero-order valence-corrected chi connectivity index (χ0v) is 12.0. The summed E-state index contributed by atoms with van der Waals surface area (Å²) in [6.07, 6.45) is -17.2. The minimum Gasteiger partial charge on any atom is -0.394 e. The minimum absolute atomic E-state index is 0.792. The summed E-state index contributed by atoms with van der Waals surface area (Å²) in [4.78, 5) is 12.1. The largest absolute Gasteiger partial charge is 0.394 e. The summed E-state index contributed by atoms with van der Waals surface area (Å²) in [6, 6.07) is 0. The number of Topliss-reactive ketones (excluding diaryl/α,β-unsaturated/α-hetero) is 1. The van der Waals surface area contributed by atoms with Gasteiger partial charge in [0.05, 0.1) is 13.2 Å². The van der Waals surface area contributed by atoms with Gasteiger partial charge in [-0.2, -0.15) is 0 Å². The van der Waals surface area contributed by atoms with E-state index in [9.17, 15) is 40.5 Å². The first-order valence-electron chi connectivity index (χ1n) is 6.84. The van der Waals surface area contributed by atoms with Crippen LogP contribution in [-0.4, -0.2) is 120 Å². The Labute approximate surface area is 130 Å². The van der Waals surface area contributed by atoms with Gasteiger partial charge in [0.15, 0.2) is 5.78 Å². The topological polar surface area (TPSA) is 208 Å². The fourth-order valence-corrected chi connectivity index (χ4v) is 2.20. The molecule has 0 radical (unpaired) electrons. The van der Waals surface area contributed by atoms with Crippen molar-refractivity contribution in [2.24, 2.45) is 0 Å². The quantitative estimate of drug-likeness (QED) is 0.212. The Morgan fingerprint density at radius 3 is 1.96 bits per heavy atom. The highest BCUT2D eigenvalue weighted by molar-refractivity contribution is 5.88. The van der Waals surface area contributed by atoms with Gasteiger partial charge in [0, 0.05) is 0 Å². The summed E-state index contributed by atoms with van der Waals surface area (Å²) in [5, 5.41) is 84.5. The molecule has 1 aliphatic heterocycles. The molecule has 0 aromatic rings. The van der Waals surface area contributed by atoms with E-state index in [-0.39, 0.29) is 0 Å². The Morgan fingerprint density at radius 1 is 0.913 bits per heavy atom. The zero-order chi connectivity index (χ0) is 17.9. The summed E-state index contributed by atoms with van der Waals surface area (Å²) < 4.78 is 4.91. The highest BCUT2D eigenvalue weighted by Crippen LogP contribution is 2.23.